The number of carbonyl (C=O) groups is 1. The first-order valence-corrected chi connectivity index (χ1v) is 8.93. The molecule has 0 radical (unpaired) electrons. The van der Waals surface area contributed by atoms with Crippen molar-refractivity contribution in [3.05, 3.63) is 35.4 Å². The topological polar surface area (TPSA) is 57.2 Å². The van der Waals surface area contributed by atoms with Crippen molar-refractivity contribution >= 4 is 36.0 Å². The second-order valence-electron chi connectivity index (χ2n) is 5.94. The van der Waals surface area contributed by atoms with Gasteiger partial charge in [-0.05, 0) is 38.0 Å². The quantitative estimate of drug-likeness (QED) is 0.387. The van der Waals surface area contributed by atoms with Crippen molar-refractivity contribution < 1.29 is 18.3 Å². The summed E-state index contributed by atoms with van der Waals surface area (Å²) in [4.78, 5) is 20.1. The SMILES string of the molecule is CCNC(=NCCc1cc(F)cc(F)c1)N1CCN(C(=O)OCC)CC1.I. The third-order valence-electron chi connectivity index (χ3n) is 4.02. The summed E-state index contributed by atoms with van der Waals surface area (Å²) in [6, 6.07) is 3.51. The summed E-state index contributed by atoms with van der Waals surface area (Å²) < 4.78 is 31.5. The van der Waals surface area contributed by atoms with E-state index in [1.807, 2.05) is 6.92 Å². The van der Waals surface area contributed by atoms with Gasteiger partial charge in [0.05, 0.1) is 6.61 Å². The van der Waals surface area contributed by atoms with Gasteiger partial charge in [0.15, 0.2) is 5.96 Å². The highest BCUT2D eigenvalue weighted by Crippen LogP contribution is 2.09. The lowest BCUT2D eigenvalue weighted by atomic mass is 10.1. The van der Waals surface area contributed by atoms with Gasteiger partial charge < -0.3 is 19.9 Å². The maximum Gasteiger partial charge on any atom is 0.409 e. The fourth-order valence-electron chi connectivity index (χ4n) is 2.79. The number of halogens is 3. The zero-order chi connectivity index (χ0) is 18.9. The van der Waals surface area contributed by atoms with Crippen molar-refractivity contribution in [1.82, 2.24) is 15.1 Å². The Labute approximate surface area is 176 Å². The lowest BCUT2D eigenvalue weighted by Gasteiger charge is -2.35. The first-order chi connectivity index (χ1) is 12.5. The Morgan fingerprint density at radius 1 is 1.11 bits per heavy atom. The third kappa shape index (κ3) is 7.47. The minimum Gasteiger partial charge on any atom is -0.450 e. The number of ether oxygens (including phenoxy) is 1. The molecule has 0 unspecified atom stereocenters. The van der Waals surface area contributed by atoms with Crippen molar-refractivity contribution in [3.63, 3.8) is 0 Å². The smallest absolute Gasteiger partial charge is 0.409 e. The summed E-state index contributed by atoms with van der Waals surface area (Å²) in [6.45, 7) is 7.70. The molecular weight excluding hydrogens is 469 g/mol. The summed E-state index contributed by atoms with van der Waals surface area (Å²) in [5.74, 6) is -0.412. The molecule has 1 heterocycles. The Morgan fingerprint density at radius 3 is 2.26 bits per heavy atom. The van der Waals surface area contributed by atoms with E-state index < -0.39 is 11.6 Å². The van der Waals surface area contributed by atoms with Gasteiger partial charge in [-0.25, -0.2) is 13.6 Å². The number of benzene rings is 1. The molecule has 0 saturated carbocycles. The van der Waals surface area contributed by atoms with Gasteiger partial charge in [0.1, 0.15) is 11.6 Å². The van der Waals surface area contributed by atoms with Crippen LogP contribution in [0.3, 0.4) is 0 Å². The molecule has 0 spiro atoms. The first kappa shape index (κ1) is 23.4. The standard InChI is InChI=1S/C18H26F2N4O2.HI/c1-3-21-17(22-6-5-14-11-15(19)13-16(20)12-14)23-7-9-24(10-8-23)18(25)26-4-2;/h11-13H,3-10H2,1-2H3,(H,21,22);1H. The Hall–Kier alpha value is -1.65. The summed E-state index contributed by atoms with van der Waals surface area (Å²) >= 11 is 0. The van der Waals surface area contributed by atoms with Crippen LogP contribution in [0.1, 0.15) is 19.4 Å². The minimum atomic E-state index is -0.578. The summed E-state index contributed by atoms with van der Waals surface area (Å²) in [7, 11) is 0. The number of hydrogen-bond donors (Lipinski definition) is 1. The number of piperazine rings is 1. The molecule has 152 valence electrons. The van der Waals surface area contributed by atoms with Crippen LogP contribution in [0.15, 0.2) is 23.2 Å². The van der Waals surface area contributed by atoms with Crippen LogP contribution in [0.5, 0.6) is 0 Å². The molecule has 1 saturated heterocycles. The molecule has 1 aromatic rings. The van der Waals surface area contributed by atoms with Crippen LogP contribution in [0.25, 0.3) is 0 Å². The van der Waals surface area contributed by atoms with Gasteiger partial charge in [-0.2, -0.15) is 0 Å². The first-order valence-electron chi connectivity index (χ1n) is 8.93. The predicted octanol–water partition coefficient (Wildman–Crippen LogP) is 2.86. The number of amides is 1. The van der Waals surface area contributed by atoms with E-state index in [0.717, 1.165) is 12.0 Å². The number of nitrogens with zero attached hydrogens (tertiary/aromatic N) is 3. The largest absolute Gasteiger partial charge is 0.450 e. The number of nitrogens with one attached hydrogen (secondary N) is 1. The molecule has 6 nitrogen and oxygen atoms in total. The van der Waals surface area contributed by atoms with E-state index in [1.54, 1.807) is 11.8 Å². The molecule has 1 aliphatic heterocycles. The van der Waals surface area contributed by atoms with E-state index in [2.05, 4.69) is 15.2 Å². The molecule has 1 aliphatic rings. The molecule has 9 heteroatoms. The van der Waals surface area contributed by atoms with Crippen molar-refractivity contribution in [2.75, 3.05) is 45.9 Å². The Bertz CT molecular complexity index is 618. The van der Waals surface area contributed by atoms with Crippen LogP contribution in [0.2, 0.25) is 0 Å². The highest BCUT2D eigenvalue weighted by atomic mass is 127. The average Bonchev–Trinajstić information content (AvgIpc) is 2.60. The van der Waals surface area contributed by atoms with Gasteiger partial charge in [-0.1, -0.05) is 0 Å². The third-order valence-corrected chi connectivity index (χ3v) is 4.02. The van der Waals surface area contributed by atoms with Gasteiger partial charge in [0, 0.05) is 45.3 Å². The van der Waals surface area contributed by atoms with Crippen LogP contribution >= 0.6 is 24.0 Å². The second kappa shape index (κ2) is 11.9. The van der Waals surface area contributed by atoms with Crippen LogP contribution in [0, 0.1) is 11.6 Å². The number of rotatable bonds is 5. The fourth-order valence-corrected chi connectivity index (χ4v) is 2.79. The number of carbonyl (C=O) groups excluding carboxylic acids is 1. The lowest BCUT2D eigenvalue weighted by molar-refractivity contribution is 0.0914. The summed E-state index contributed by atoms with van der Waals surface area (Å²) in [5.41, 5.74) is 0.578. The highest BCUT2D eigenvalue weighted by molar-refractivity contribution is 14.0. The van der Waals surface area contributed by atoms with E-state index in [9.17, 15) is 13.6 Å². The van der Waals surface area contributed by atoms with Crippen molar-refractivity contribution in [3.8, 4) is 0 Å². The maximum absolute atomic E-state index is 13.2. The molecule has 0 bridgehead atoms. The van der Waals surface area contributed by atoms with E-state index in [-0.39, 0.29) is 30.1 Å². The number of hydrogen-bond acceptors (Lipinski definition) is 3. The van der Waals surface area contributed by atoms with E-state index in [0.29, 0.717) is 57.9 Å². The van der Waals surface area contributed by atoms with Crippen LogP contribution < -0.4 is 5.32 Å². The number of aliphatic imine (C=N–C) groups is 1. The van der Waals surface area contributed by atoms with Crippen molar-refractivity contribution in [1.29, 1.82) is 0 Å². The van der Waals surface area contributed by atoms with Crippen molar-refractivity contribution in [2.24, 2.45) is 4.99 Å². The monoisotopic (exact) mass is 496 g/mol. The Morgan fingerprint density at radius 2 is 1.70 bits per heavy atom. The Balaban J connectivity index is 0.00000364. The normalized spacial score (nSPS) is 14.6. The minimum absolute atomic E-state index is 0. The molecule has 27 heavy (non-hydrogen) atoms. The molecule has 0 aliphatic carbocycles. The lowest BCUT2D eigenvalue weighted by Crippen LogP contribution is -2.54. The van der Waals surface area contributed by atoms with Crippen molar-refractivity contribution in [2.45, 2.75) is 20.3 Å². The van der Waals surface area contributed by atoms with Gasteiger partial charge in [0.25, 0.3) is 0 Å². The summed E-state index contributed by atoms with van der Waals surface area (Å²) in [5, 5.41) is 3.22. The molecule has 2 rings (SSSR count). The predicted molar refractivity (Wildman–Crippen MR) is 112 cm³/mol. The average molecular weight is 496 g/mol. The van der Waals surface area contributed by atoms with Gasteiger partial charge in [-0.15, -0.1) is 24.0 Å². The molecule has 0 aromatic heterocycles. The van der Waals surface area contributed by atoms with E-state index in [4.69, 9.17) is 4.74 Å². The van der Waals surface area contributed by atoms with Crippen LogP contribution in [-0.4, -0.2) is 67.7 Å². The zero-order valence-corrected chi connectivity index (χ0v) is 18.0. The maximum atomic E-state index is 13.2. The van der Waals surface area contributed by atoms with Crippen LogP contribution in [0.4, 0.5) is 13.6 Å². The molecule has 1 amide bonds. The molecular formula is C18H27F2IN4O2. The van der Waals surface area contributed by atoms with Crippen LogP contribution in [-0.2, 0) is 11.2 Å². The molecule has 1 N–H and O–H groups in total. The summed E-state index contributed by atoms with van der Waals surface area (Å²) in [6.07, 6.45) is 0.161. The molecule has 1 aromatic carbocycles. The highest BCUT2D eigenvalue weighted by Gasteiger charge is 2.23. The fraction of sp³-hybridized carbons (Fsp3) is 0.556. The van der Waals surface area contributed by atoms with Gasteiger partial charge in [-0.3, -0.25) is 4.99 Å². The Kier molecular flexibility index (Phi) is 10.3. The van der Waals surface area contributed by atoms with Gasteiger partial charge >= 0.3 is 6.09 Å². The number of guanidine groups is 1. The second-order valence-corrected chi connectivity index (χ2v) is 5.94. The molecule has 1 fully saturated rings. The molecule has 0 atom stereocenters. The van der Waals surface area contributed by atoms with Gasteiger partial charge in [0.2, 0.25) is 0 Å². The zero-order valence-electron chi connectivity index (χ0n) is 15.7. The van der Waals surface area contributed by atoms with E-state index >= 15 is 0 Å². The van der Waals surface area contributed by atoms with E-state index in [1.165, 1.54) is 12.1 Å².